The zero-order valence-corrected chi connectivity index (χ0v) is 10.9. The highest BCUT2D eigenvalue weighted by Gasteiger charge is 2.09. The molecule has 1 aromatic rings. The van der Waals surface area contributed by atoms with E-state index in [9.17, 15) is 5.11 Å². The molecule has 1 unspecified atom stereocenters. The lowest BCUT2D eigenvalue weighted by molar-refractivity contribution is 0.128. The maximum atomic E-state index is 9.29. The maximum Gasteiger partial charge on any atom is 0.131 e. The molecule has 0 saturated heterocycles. The molecule has 0 aliphatic heterocycles. The van der Waals surface area contributed by atoms with Crippen molar-refractivity contribution in [2.75, 3.05) is 19.0 Å². The lowest BCUT2D eigenvalue weighted by Crippen LogP contribution is -2.19. The third-order valence-electron chi connectivity index (χ3n) is 2.53. The average Bonchev–Trinajstić information content (AvgIpc) is 2.35. The van der Waals surface area contributed by atoms with E-state index in [0.29, 0.717) is 12.2 Å². The smallest absolute Gasteiger partial charge is 0.131 e. The van der Waals surface area contributed by atoms with Crippen molar-refractivity contribution in [2.24, 2.45) is 0 Å². The van der Waals surface area contributed by atoms with E-state index in [-0.39, 0.29) is 18.6 Å². The van der Waals surface area contributed by atoms with Gasteiger partial charge in [0, 0.05) is 19.6 Å². The van der Waals surface area contributed by atoms with Crippen molar-refractivity contribution >= 4 is 5.69 Å². The van der Waals surface area contributed by atoms with Gasteiger partial charge in [0.1, 0.15) is 5.82 Å². The van der Waals surface area contributed by atoms with Gasteiger partial charge in [-0.05, 0) is 6.92 Å². The molecular formula is C12H21N3O2. The molecule has 17 heavy (non-hydrogen) atoms. The molecule has 0 spiro atoms. The third kappa shape index (κ3) is 3.94. The zero-order chi connectivity index (χ0) is 12.8. The van der Waals surface area contributed by atoms with Crippen molar-refractivity contribution < 1.29 is 9.84 Å². The summed E-state index contributed by atoms with van der Waals surface area (Å²) in [6.45, 7) is 6.59. The minimum absolute atomic E-state index is 0.0913. The molecule has 1 heterocycles. The zero-order valence-electron chi connectivity index (χ0n) is 10.9. The Labute approximate surface area is 102 Å². The number of methoxy groups -OCH3 is 1. The Morgan fingerprint density at radius 2 is 2.12 bits per heavy atom. The van der Waals surface area contributed by atoms with Crippen LogP contribution in [0.15, 0.2) is 6.20 Å². The second kappa shape index (κ2) is 6.51. The summed E-state index contributed by atoms with van der Waals surface area (Å²) in [4.78, 5) is 8.60. The second-order valence-electron chi connectivity index (χ2n) is 4.33. The molecule has 2 N–H and O–H groups in total. The minimum atomic E-state index is -0.0913. The van der Waals surface area contributed by atoms with Crippen LogP contribution in [0.1, 0.15) is 38.2 Å². The van der Waals surface area contributed by atoms with Gasteiger partial charge in [0.25, 0.3) is 0 Å². The van der Waals surface area contributed by atoms with E-state index in [1.54, 1.807) is 13.3 Å². The van der Waals surface area contributed by atoms with Crippen molar-refractivity contribution in [3.8, 4) is 0 Å². The van der Waals surface area contributed by atoms with Crippen LogP contribution in [-0.2, 0) is 11.3 Å². The number of aliphatic hydroxyl groups is 1. The molecule has 5 heteroatoms. The summed E-state index contributed by atoms with van der Waals surface area (Å²) in [5.41, 5.74) is 1.40. The van der Waals surface area contributed by atoms with Crippen LogP contribution in [0.2, 0.25) is 0 Å². The fourth-order valence-corrected chi connectivity index (χ4v) is 1.32. The summed E-state index contributed by atoms with van der Waals surface area (Å²) in [5, 5.41) is 12.5. The monoisotopic (exact) mass is 239 g/mol. The second-order valence-corrected chi connectivity index (χ2v) is 4.33. The first-order chi connectivity index (χ1) is 8.08. The van der Waals surface area contributed by atoms with Gasteiger partial charge in [0.05, 0.1) is 30.3 Å². The fourth-order valence-electron chi connectivity index (χ4n) is 1.32. The molecule has 0 radical (unpaired) electrons. The molecular weight excluding hydrogens is 218 g/mol. The van der Waals surface area contributed by atoms with Crippen molar-refractivity contribution in [3.63, 3.8) is 0 Å². The molecule has 0 fully saturated rings. The summed E-state index contributed by atoms with van der Waals surface area (Å²) in [6.07, 6.45) is 1.82. The van der Waals surface area contributed by atoms with Gasteiger partial charge in [-0.25, -0.2) is 9.97 Å². The summed E-state index contributed by atoms with van der Waals surface area (Å²) in [6, 6.07) is 0. The highest BCUT2D eigenvalue weighted by Crippen LogP contribution is 2.16. The Hall–Kier alpha value is -1.20. The van der Waals surface area contributed by atoms with Gasteiger partial charge in [-0.1, -0.05) is 13.8 Å². The van der Waals surface area contributed by atoms with Crippen molar-refractivity contribution in [2.45, 2.75) is 39.4 Å². The van der Waals surface area contributed by atoms with E-state index in [1.807, 2.05) is 20.8 Å². The normalized spacial score (nSPS) is 12.8. The Morgan fingerprint density at radius 3 is 2.65 bits per heavy atom. The highest BCUT2D eigenvalue weighted by molar-refractivity contribution is 5.45. The number of aliphatic hydroxyl groups excluding tert-OH is 1. The van der Waals surface area contributed by atoms with Crippen molar-refractivity contribution in [1.29, 1.82) is 0 Å². The van der Waals surface area contributed by atoms with Crippen LogP contribution in [0.3, 0.4) is 0 Å². The van der Waals surface area contributed by atoms with Crippen LogP contribution in [0, 0.1) is 0 Å². The van der Waals surface area contributed by atoms with E-state index >= 15 is 0 Å². The molecule has 0 aliphatic rings. The molecule has 0 amide bonds. The number of aromatic nitrogens is 2. The van der Waals surface area contributed by atoms with Gasteiger partial charge >= 0.3 is 0 Å². The largest absolute Gasteiger partial charge is 0.390 e. The molecule has 0 bridgehead atoms. The molecule has 0 saturated carbocycles. The molecule has 96 valence electrons. The van der Waals surface area contributed by atoms with Gasteiger partial charge in [-0.2, -0.15) is 0 Å². The lowest BCUT2D eigenvalue weighted by Gasteiger charge is -2.14. The minimum Gasteiger partial charge on any atom is -0.390 e. The summed E-state index contributed by atoms with van der Waals surface area (Å²) in [7, 11) is 1.66. The predicted octanol–water partition coefficient (Wildman–Crippen LogP) is 1.54. The number of nitrogens with zero attached hydrogens (tertiary/aromatic N) is 2. The van der Waals surface area contributed by atoms with E-state index in [2.05, 4.69) is 15.3 Å². The van der Waals surface area contributed by atoms with E-state index in [0.717, 1.165) is 11.5 Å². The lowest BCUT2D eigenvalue weighted by atomic mass is 10.2. The number of hydrogen-bond donors (Lipinski definition) is 2. The van der Waals surface area contributed by atoms with Gasteiger partial charge < -0.3 is 15.2 Å². The summed E-state index contributed by atoms with van der Waals surface area (Å²) in [5.74, 6) is 1.01. The number of anilines is 1. The first kappa shape index (κ1) is 13.9. The van der Waals surface area contributed by atoms with Crippen LogP contribution in [0.25, 0.3) is 0 Å². The number of nitrogens with one attached hydrogen (secondary N) is 1. The van der Waals surface area contributed by atoms with Gasteiger partial charge in [0.15, 0.2) is 0 Å². The molecule has 1 atom stereocenters. The quantitative estimate of drug-likeness (QED) is 0.788. The van der Waals surface area contributed by atoms with Crippen molar-refractivity contribution in [3.05, 3.63) is 17.7 Å². The topological polar surface area (TPSA) is 67.3 Å². The van der Waals surface area contributed by atoms with Crippen molar-refractivity contribution in [1.82, 2.24) is 9.97 Å². The first-order valence-corrected chi connectivity index (χ1v) is 5.81. The molecule has 1 rings (SSSR count). The van der Waals surface area contributed by atoms with Crippen LogP contribution < -0.4 is 5.32 Å². The molecule has 0 aromatic carbocycles. The number of ether oxygens (including phenoxy) is 1. The van der Waals surface area contributed by atoms with E-state index < -0.39 is 0 Å². The number of rotatable bonds is 6. The Balaban J connectivity index is 2.78. The first-order valence-electron chi connectivity index (χ1n) is 5.81. The summed E-state index contributed by atoms with van der Waals surface area (Å²) >= 11 is 0. The van der Waals surface area contributed by atoms with Crippen LogP contribution >= 0.6 is 0 Å². The van der Waals surface area contributed by atoms with Gasteiger partial charge in [0.2, 0.25) is 0 Å². The van der Waals surface area contributed by atoms with Crippen LogP contribution in [0.5, 0.6) is 0 Å². The Morgan fingerprint density at radius 1 is 1.41 bits per heavy atom. The molecule has 5 nitrogen and oxygen atoms in total. The molecule has 1 aromatic heterocycles. The highest BCUT2D eigenvalue weighted by atomic mass is 16.5. The third-order valence-corrected chi connectivity index (χ3v) is 2.53. The summed E-state index contributed by atoms with van der Waals surface area (Å²) < 4.78 is 5.14. The predicted molar refractivity (Wildman–Crippen MR) is 67.0 cm³/mol. The SMILES string of the molecule is COC(C)CNc1cnc(C(C)C)nc1CO. The van der Waals surface area contributed by atoms with Gasteiger partial charge in [-0.3, -0.25) is 0 Å². The van der Waals surface area contributed by atoms with Crippen LogP contribution in [0.4, 0.5) is 5.69 Å². The Bertz CT molecular complexity index is 356. The standard InChI is InChI=1S/C12H21N3O2/c1-8(2)12-14-6-10(11(7-16)15-12)13-5-9(3)17-4/h6,8-9,13,16H,5,7H2,1-4H3. The maximum absolute atomic E-state index is 9.29. The molecule has 0 aliphatic carbocycles. The van der Waals surface area contributed by atoms with Crippen LogP contribution in [-0.4, -0.2) is 34.8 Å². The number of hydrogen-bond acceptors (Lipinski definition) is 5. The Kier molecular flexibility index (Phi) is 5.31. The van der Waals surface area contributed by atoms with E-state index in [1.165, 1.54) is 0 Å². The average molecular weight is 239 g/mol. The van der Waals surface area contributed by atoms with E-state index in [4.69, 9.17) is 4.74 Å². The van der Waals surface area contributed by atoms with Gasteiger partial charge in [-0.15, -0.1) is 0 Å². The fraction of sp³-hybridized carbons (Fsp3) is 0.667.